The molecule has 4 aromatic rings. The summed E-state index contributed by atoms with van der Waals surface area (Å²) in [4.78, 5) is 4.25. The van der Waals surface area contributed by atoms with Gasteiger partial charge in [-0.15, -0.1) is 0 Å². The van der Waals surface area contributed by atoms with E-state index in [9.17, 15) is 4.39 Å². The van der Waals surface area contributed by atoms with Crippen molar-refractivity contribution < 1.29 is 13.5 Å². The maximum Gasteiger partial charge on any atom is 0.228 e. The fraction of sp³-hybridized carbons (Fsp3) is 0. The van der Waals surface area contributed by atoms with Crippen LogP contribution < -0.4 is 10.5 Å². The minimum Gasteiger partial charge on any atom is -0.457 e. The van der Waals surface area contributed by atoms with E-state index < -0.39 is 0 Å². The second-order valence-electron chi connectivity index (χ2n) is 5.44. The Morgan fingerprint density at radius 1 is 0.960 bits per heavy atom. The molecule has 2 N–H and O–H groups in total. The number of halogens is 2. The van der Waals surface area contributed by atoms with Gasteiger partial charge in [0, 0.05) is 10.9 Å². The van der Waals surface area contributed by atoms with Crippen molar-refractivity contribution in [2.45, 2.75) is 0 Å². The van der Waals surface area contributed by atoms with E-state index in [1.165, 1.54) is 12.1 Å². The third-order valence-corrected chi connectivity index (χ3v) is 4.54. The van der Waals surface area contributed by atoms with Gasteiger partial charge in [0.15, 0.2) is 0 Å². The Kier molecular flexibility index (Phi) is 4.04. The Labute approximate surface area is 156 Å². The molecule has 0 atom stereocenters. The van der Waals surface area contributed by atoms with Crippen LogP contribution in [-0.4, -0.2) is 4.98 Å². The van der Waals surface area contributed by atoms with E-state index in [1.54, 1.807) is 12.1 Å². The first-order valence-corrected chi connectivity index (χ1v) is 8.56. The highest BCUT2D eigenvalue weighted by Crippen LogP contribution is 2.31. The zero-order valence-corrected chi connectivity index (χ0v) is 15.0. The lowest BCUT2D eigenvalue weighted by Gasteiger charge is -2.06. The van der Waals surface area contributed by atoms with Gasteiger partial charge in [-0.2, -0.15) is 4.98 Å². The summed E-state index contributed by atoms with van der Waals surface area (Å²) in [6, 6.07) is 17.2. The third-order valence-electron chi connectivity index (χ3n) is 3.68. The molecular formula is C19H12FIN2O2. The summed E-state index contributed by atoms with van der Waals surface area (Å²) in [5.74, 6) is 2.10. The number of fused-ring (bicyclic) bond motifs is 1. The number of nitrogens with zero attached hydrogens (tertiary/aromatic N) is 1. The average Bonchev–Trinajstić information content (AvgIpc) is 3.01. The Balaban J connectivity index is 1.60. The molecule has 4 nitrogen and oxygen atoms in total. The van der Waals surface area contributed by atoms with Crippen LogP contribution in [0.25, 0.3) is 22.4 Å². The van der Waals surface area contributed by atoms with Crippen LogP contribution in [0.2, 0.25) is 0 Å². The van der Waals surface area contributed by atoms with Crippen molar-refractivity contribution in [3.05, 3.63) is 70.1 Å². The monoisotopic (exact) mass is 446 g/mol. The van der Waals surface area contributed by atoms with Gasteiger partial charge in [0.2, 0.25) is 5.71 Å². The highest BCUT2D eigenvalue weighted by Gasteiger charge is 2.10. The molecule has 0 saturated carbocycles. The van der Waals surface area contributed by atoms with Gasteiger partial charge in [0.05, 0.1) is 3.57 Å². The van der Waals surface area contributed by atoms with E-state index in [1.807, 2.05) is 36.4 Å². The van der Waals surface area contributed by atoms with Gasteiger partial charge in [0.25, 0.3) is 0 Å². The summed E-state index contributed by atoms with van der Waals surface area (Å²) in [7, 11) is 0. The molecule has 0 aliphatic heterocycles. The second-order valence-corrected chi connectivity index (χ2v) is 6.60. The van der Waals surface area contributed by atoms with Crippen LogP contribution in [0.3, 0.4) is 0 Å². The summed E-state index contributed by atoms with van der Waals surface area (Å²) in [6.07, 6.45) is 0. The maximum atomic E-state index is 12.9. The predicted molar refractivity (Wildman–Crippen MR) is 103 cm³/mol. The van der Waals surface area contributed by atoms with Crippen molar-refractivity contribution >= 4 is 39.5 Å². The molecule has 0 aliphatic rings. The standard InChI is InChI=1S/C19H12FIN2O2/c20-13-3-7-15(8-4-13)24-14-5-1-11(2-6-14)17-10-12-9-16(21)18(22)23-19(12)25-17/h1-10H,(H2,22,23). The molecule has 0 fully saturated rings. The fourth-order valence-corrected chi connectivity index (χ4v) is 2.88. The lowest BCUT2D eigenvalue weighted by molar-refractivity contribution is 0.480. The zero-order valence-electron chi connectivity index (χ0n) is 12.9. The molecule has 2 aromatic carbocycles. The summed E-state index contributed by atoms with van der Waals surface area (Å²) >= 11 is 2.14. The fourth-order valence-electron chi connectivity index (χ4n) is 2.43. The molecule has 0 amide bonds. The van der Waals surface area contributed by atoms with Crippen LogP contribution in [0, 0.1) is 9.39 Å². The summed E-state index contributed by atoms with van der Waals surface area (Å²) in [5.41, 5.74) is 7.23. The average molecular weight is 446 g/mol. The Hall–Kier alpha value is -2.61. The number of nitrogen functional groups attached to an aromatic ring is 1. The number of aromatic nitrogens is 1. The molecule has 4 rings (SSSR count). The highest BCUT2D eigenvalue weighted by atomic mass is 127. The van der Waals surface area contributed by atoms with E-state index >= 15 is 0 Å². The van der Waals surface area contributed by atoms with E-state index in [0.717, 1.165) is 14.5 Å². The maximum absolute atomic E-state index is 12.9. The number of pyridine rings is 1. The molecule has 2 aromatic heterocycles. The van der Waals surface area contributed by atoms with Gasteiger partial charge in [-0.05, 0) is 83.3 Å². The van der Waals surface area contributed by atoms with Crippen molar-refractivity contribution in [1.29, 1.82) is 0 Å². The van der Waals surface area contributed by atoms with Gasteiger partial charge < -0.3 is 14.9 Å². The van der Waals surface area contributed by atoms with Gasteiger partial charge in [0.1, 0.15) is 28.9 Å². The van der Waals surface area contributed by atoms with Crippen LogP contribution in [0.5, 0.6) is 11.5 Å². The molecule has 124 valence electrons. The molecule has 0 aliphatic carbocycles. The van der Waals surface area contributed by atoms with Crippen LogP contribution in [0.1, 0.15) is 0 Å². The van der Waals surface area contributed by atoms with Crippen molar-refractivity contribution in [3.63, 3.8) is 0 Å². The lowest BCUT2D eigenvalue weighted by atomic mass is 10.1. The van der Waals surface area contributed by atoms with E-state index in [-0.39, 0.29) is 5.82 Å². The van der Waals surface area contributed by atoms with E-state index in [0.29, 0.717) is 28.8 Å². The molecule has 2 heterocycles. The summed E-state index contributed by atoms with van der Waals surface area (Å²) in [6.45, 7) is 0. The Bertz CT molecular complexity index is 1000. The summed E-state index contributed by atoms with van der Waals surface area (Å²) in [5, 5.41) is 0.903. The normalized spacial score (nSPS) is 11.0. The molecular weight excluding hydrogens is 434 g/mol. The van der Waals surface area contributed by atoms with Crippen molar-refractivity contribution in [2.24, 2.45) is 0 Å². The van der Waals surface area contributed by atoms with Gasteiger partial charge >= 0.3 is 0 Å². The van der Waals surface area contributed by atoms with E-state index in [2.05, 4.69) is 27.6 Å². The minimum atomic E-state index is -0.295. The largest absolute Gasteiger partial charge is 0.457 e. The van der Waals surface area contributed by atoms with Crippen LogP contribution >= 0.6 is 22.6 Å². The molecule has 25 heavy (non-hydrogen) atoms. The Morgan fingerprint density at radius 2 is 1.60 bits per heavy atom. The molecule has 0 unspecified atom stereocenters. The van der Waals surface area contributed by atoms with Gasteiger partial charge in [-0.25, -0.2) is 4.39 Å². The van der Waals surface area contributed by atoms with Crippen molar-refractivity contribution in [3.8, 4) is 22.8 Å². The summed E-state index contributed by atoms with van der Waals surface area (Å²) < 4.78 is 25.3. The highest BCUT2D eigenvalue weighted by molar-refractivity contribution is 14.1. The zero-order chi connectivity index (χ0) is 17.4. The quantitative estimate of drug-likeness (QED) is 0.416. The number of furan rings is 1. The molecule has 6 heteroatoms. The molecule has 0 radical (unpaired) electrons. The van der Waals surface area contributed by atoms with Crippen molar-refractivity contribution in [2.75, 3.05) is 5.73 Å². The van der Waals surface area contributed by atoms with Crippen LogP contribution in [0.15, 0.2) is 65.1 Å². The molecule has 0 saturated heterocycles. The third kappa shape index (κ3) is 3.30. The SMILES string of the molecule is Nc1nc2oc(-c3ccc(Oc4ccc(F)cc4)cc3)cc2cc1I. The van der Waals surface area contributed by atoms with Crippen molar-refractivity contribution in [1.82, 2.24) is 4.98 Å². The smallest absolute Gasteiger partial charge is 0.228 e. The second kappa shape index (κ2) is 6.36. The molecule has 0 spiro atoms. The Morgan fingerprint density at radius 3 is 2.28 bits per heavy atom. The number of rotatable bonds is 3. The van der Waals surface area contributed by atoms with Crippen LogP contribution in [0.4, 0.5) is 10.2 Å². The van der Waals surface area contributed by atoms with Gasteiger partial charge in [-0.1, -0.05) is 0 Å². The number of ether oxygens (including phenoxy) is 1. The first-order valence-electron chi connectivity index (χ1n) is 7.48. The van der Waals surface area contributed by atoms with E-state index in [4.69, 9.17) is 14.9 Å². The predicted octanol–water partition coefficient (Wildman–Crippen LogP) is 5.61. The minimum absolute atomic E-state index is 0.295. The van der Waals surface area contributed by atoms with Gasteiger partial charge in [-0.3, -0.25) is 0 Å². The first-order chi connectivity index (χ1) is 12.1. The molecule has 0 bridgehead atoms. The number of benzene rings is 2. The first kappa shape index (κ1) is 15.9. The number of hydrogen-bond acceptors (Lipinski definition) is 4. The van der Waals surface area contributed by atoms with Crippen LogP contribution in [-0.2, 0) is 0 Å². The number of hydrogen-bond donors (Lipinski definition) is 1. The topological polar surface area (TPSA) is 61.3 Å². The lowest BCUT2D eigenvalue weighted by Crippen LogP contribution is -1.92. The number of nitrogens with two attached hydrogens (primary N) is 1. The number of anilines is 1.